The van der Waals surface area contributed by atoms with Gasteiger partial charge < -0.3 is 19.9 Å². The van der Waals surface area contributed by atoms with Crippen LogP contribution < -0.4 is 14.8 Å². The minimum atomic E-state index is -0.823. The first-order chi connectivity index (χ1) is 9.58. The summed E-state index contributed by atoms with van der Waals surface area (Å²) in [5.41, 5.74) is 0.918. The highest BCUT2D eigenvalue weighted by atomic mass is 35.5. The molecule has 0 aliphatic carbocycles. The molecule has 0 unspecified atom stereocenters. The number of hydrogen-bond acceptors (Lipinski definition) is 4. The molecule has 0 spiro atoms. The lowest BCUT2D eigenvalue weighted by Gasteiger charge is -2.14. The summed E-state index contributed by atoms with van der Waals surface area (Å²) in [5.74, 6) is 0.308. The number of benzene rings is 1. The molecule has 0 aromatic heterocycles. The third-order valence-electron chi connectivity index (χ3n) is 2.58. The SMILES string of the molecule is CCCOc1c(Cl)cc(CNCCC(=O)O)cc1OC. The fourth-order valence-electron chi connectivity index (χ4n) is 1.65. The Kier molecular flexibility index (Phi) is 7.18. The van der Waals surface area contributed by atoms with Crippen molar-refractivity contribution in [3.8, 4) is 11.5 Å². The number of carbonyl (C=O) groups is 1. The van der Waals surface area contributed by atoms with Crippen molar-refractivity contribution in [2.45, 2.75) is 26.3 Å². The summed E-state index contributed by atoms with van der Waals surface area (Å²) in [7, 11) is 1.56. The Bertz CT molecular complexity index is 451. The van der Waals surface area contributed by atoms with Gasteiger partial charge in [-0.25, -0.2) is 0 Å². The molecule has 0 aliphatic rings. The molecule has 0 radical (unpaired) electrons. The van der Waals surface area contributed by atoms with Crippen LogP contribution in [0.4, 0.5) is 0 Å². The second-order valence-corrected chi connectivity index (χ2v) is 4.69. The summed E-state index contributed by atoms with van der Waals surface area (Å²) >= 11 is 6.19. The Morgan fingerprint density at radius 1 is 1.45 bits per heavy atom. The summed E-state index contributed by atoms with van der Waals surface area (Å²) in [6.07, 6.45) is 0.973. The molecule has 0 saturated carbocycles. The molecule has 112 valence electrons. The second kappa shape index (κ2) is 8.66. The Balaban J connectivity index is 2.69. The van der Waals surface area contributed by atoms with Crippen LogP contribution in [-0.2, 0) is 11.3 Å². The molecule has 5 nitrogen and oxygen atoms in total. The van der Waals surface area contributed by atoms with E-state index in [1.165, 1.54) is 0 Å². The van der Waals surface area contributed by atoms with E-state index in [0.717, 1.165) is 12.0 Å². The number of methoxy groups -OCH3 is 1. The molecule has 1 rings (SSSR count). The van der Waals surface area contributed by atoms with Gasteiger partial charge in [0.15, 0.2) is 11.5 Å². The van der Waals surface area contributed by atoms with Gasteiger partial charge in [-0.05, 0) is 24.1 Å². The first kappa shape index (κ1) is 16.6. The van der Waals surface area contributed by atoms with E-state index in [1.54, 1.807) is 13.2 Å². The topological polar surface area (TPSA) is 67.8 Å². The maximum Gasteiger partial charge on any atom is 0.304 e. The summed E-state index contributed by atoms with van der Waals surface area (Å²) in [6.45, 7) is 3.52. The molecule has 0 saturated heterocycles. The molecule has 2 N–H and O–H groups in total. The summed E-state index contributed by atoms with van der Waals surface area (Å²) in [6, 6.07) is 3.63. The van der Waals surface area contributed by atoms with Gasteiger partial charge in [0.05, 0.1) is 25.2 Å². The van der Waals surface area contributed by atoms with Crippen molar-refractivity contribution in [1.29, 1.82) is 0 Å². The van der Waals surface area contributed by atoms with Crippen LogP contribution in [0.25, 0.3) is 0 Å². The number of nitrogens with one attached hydrogen (secondary N) is 1. The van der Waals surface area contributed by atoms with Crippen LogP contribution in [0.5, 0.6) is 11.5 Å². The molecule has 20 heavy (non-hydrogen) atoms. The van der Waals surface area contributed by atoms with Gasteiger partial charge in [-0.1, -0.05) is 18.5 Å². The first-order valence-electron chi connectivity index (χ1n) is 6.50. The molecular formula is C14H20ClNO4. The molecule has 0 aliphatic heterocycles. The van der Waals surface area contributed by atoms with E-state index in [1.807, 2.05) is 13.0 Å². The molecule has 6 heteroatoms. The highest BCUT2D eigenvalue weighted by Crippen LogP contribution is 2.36. The van der Waals surface area contributed by atoms with E-state index < -0.39 is 5.97 Å². The van der Waals surface area contributed by atoms with Crippen LogP contribution in [0, 0.1) is 0 Å². The third kappa shape index (κ3) is 5.27. The maximum atomic E-state index is 10.4. The molecular weight excluding hydrogens is 282 g/mol. The number of hydrogen-bond donors (Lipinski definition) is 2. The van der Waals surface area contributed by atoms with Gasteiger partial charge in [-0.2, -0.15) is 0 Å². The lowest BCUT2D eigenvalue weighted by Crippen LogP contribution is -2.17. The summed E-state index contributed by atoms with van der Waals surface area (Å²) < 4.78 is 10.8. The van der Waals surface area contributed by atoms with Crippen molar-refractivity contribution in [2.75, 3.05) is 20.3 Å². The number of carboxylic acid groups (broad SMARTS) is 1. The van der Waals surface area contributed by atoms with Gasteiger partial charge in [-0.3, -0.25) is 4.79 Å². The number of aliphatic carboxylic acids is 1. The first-order valence-corrected chi connectivity index (χ1v) is 6.88. The van der Waals surface area contributed by atoms with Gasteiger partial charge in [0.25, 0.3) is 0 Å². The Morgan fingerprint density at radius 2 is 2.20 bits per heavy atom. The van der Waals surface area contributed by atoms with Crippen molar-refractivity contribution in [1.82, 2.24) is 5.32 Å². The maximum absolute atomic E-state index is 10.4. The Labute approximate surface area is 123 Å². The fourth-order valence-corrected chi connectivity index (χ4v) is 1.94. The predicted octanol–water partition coefficient (Wildman–Crippen LogP) is 2.70. The lowest BCUT2D eigenvalue weighted by atomic mass is 10.2. The zero-order valence-electron chi connectivity index (χ0n) is 11.7. The smallest absolute Gasteiger partial charge is 0.304 e. The molecule has 1 aromatic carbocycles. The largest absolute Gasteiger partial charge is 0.493 e. The van der Waals surface area contributed by atoms with Gasteiger partial charge in [0.1, 0.15) is 0 Å². The van der Waals surface area contributed by atoms with E-state index in [4.69, 9.17) is 26.2 Å². The molecule has 0 heterocycles. The van der Waals surface area contributed by atoms with E-state index >= 15 is 0 Å². The minimum absolute atomic E-state index is 0.0859. The van der Waals surface area contributed by atoms with E-state index in [9.17, 15) is 4.79 Å². The van der Waals surface area contributed by atoms with Crippen molar-refractivity contribution in [2.24, 2.45) is 0 Å². The number of carboxylic acids is 1. The standard InChI is InChI=1S/C14H20ClNO4/c1-3-6-20-14-11(15)7-10(8-12(14)19-2)9-16-5-4-13(17)18/h7-8,16H,3-6,9H2,1-2H3,(H,17,18). The molecule has 1 aromatic rings. The van der Waals surface area contributed by atoms with Crippen molar-refractivity contribution in [3.63, 3.8) is 0 Å². The predicted molar refractivity (Wildman–Crippen MR) is 77.7 cm³/mol. The molecule has 0 atom stereocenters. The fraction of sp³-hybridized carbons (Fsp3) is 0.500. The summed E-state index contributed by atoms with van der Waals surface area (Å²) in [5, 5.41) is 12.1. The minimum Gasteiger partial charge on any atom is -0.493 e. The lowest BCUT2D eigenvalue weighted by molar-refractivity contribution is -0.136. The van der Waals surface area contributed by atoms with Crippen molar-refractivity contribution >= 4 is 17.6 Å². The number of halogens is 1. The zero-order chi connectivity index (χ0) is 15.0. The van der Waals surface area contributed by atoms with E-state index in [-0.39, 0.29) is 6.42 Å². The van der Waals surface area contributed by atoms with Crippen molar-refractivity contribution in [3.05, 3.63) is 22.7 Å². The number of rotatable bonds is 9. The third-order valence-corrected chi connectivity index (χ3v) is 2.87. The normalized spacial score (nSPS) is 10.3. The van der Waals surface area contributed by atoms with Crippen LogP contribution in [0.2, 0.25) is 5.02 Å². The van der Waals surface area contributed by atoms with Crippen LogP contribution >= 0.6 is 11.6 Å². The zero-order valence-corrected chi connectivity index (χ0v) is 12.5. The van der Waals surface area contributed by atoms with Gasteiger partial charge in [0, 0.05) is 13.1 Å². The van der Waals surface area contributed by atoms with Crippen LogP contribution in [0.1, 0.15) is 25.3 Å². The monoisotopic (exact) mass is 301 g/mol. The second-order valence-electron chi connectivity index (χ2n) is 4.28. The highest BCUT2D eigenvalue weighted by Gasteiger charge is 2.11. The quantitative estimate of drug-likeness (QED) is 0.686. The van der Waals surface area contributed by atoms with E-state index in [2.05, 4.69) is 5.32 Å². The Morgan fingerprint density at radius 3 is 2.80 bits per heavy atom. The molecule has 0 fully saturated rings. The van der Waals surface area contributed by atoms with Crippen LogP contribution in [-0.4, -0.2) is 31.3 Å². The average molecular weight is 302 g/mol. The Hall–Kier alpha value is -1.46. The molecule has 0 bridgehead atoms. The summed E-state index contributed by atoms with van der Waals surface area (Å²) in [4.78, 5) is 10.4. The van der Waals surface area contributed by atoms with E-state index in [0.29, 0.717) is 36.2 Å². The number of ether oxygens (including phenoxy) is 2. The molecule has 0 amide bonds. The van der Waals surface area contributed by atoms with Crippen molar-refractivity contribution < 1.29 is 19.4 Å². The van der Waals surface area contributed by atoms with Crippen LogP contribution in [0.3, 0.4) is 0 Å². The van der Waals surface area contributed by atoms with Gasteiger partial charge in [0.2, 0.25) is 0 Å². The van der Waals surface area contributed by atoms with Crippen LogP contribution in [0.15, 0.2) is 12.1 Å². The average Bonchev–Trinajstić information content (AvgIpc) is 2.41. The van der Waals surface area contributed by atoms with Gasteiger partial charge >= 0.3 is 5.97 Å². The van der Waals surface area contributed by atoms with Gasteiger partial charge in [-0.15, -0.1) is 0 Å². The highest BCUT2D eigenvalue weighted by molar-refractivity contribution is 6.32.